The number of halogens is 1. The number of hydrogen-bond acceptors (Lipinski definition) is 2. The average molecular weight is 284 g/mol. The zero-order chi connectivity index (χ0) is 14.5. The summed E-state index contributed by atoms with van der Waals surface area (Å²) in [6, 6.07) is 15.2. The topological polar surface area (TPSA) is 15.3 Å². The summed E-state index contributed by atoms with van der Waals surface area (Å²) in [4.78, 5) is 2.45. The molecule has 1 fully saturated rings. The summed E-state index contributed by atoms with van der Waals surface area (Å²) in [5, 5.41) is 3.25. The molecule has 3 rings (SSSR count). The molecule has 1 heterocycles. The summed E-state index contributed by atoms with van der Waals surface area (Å²) in [7, 11) is 0. The van der Waals surface area contributed by atoms with E-state index in [1.807, 2.05) is 6.07 Å². The minimum atomic E-state index is -0.208. The van der Waals surface area contributed by atoms with Crippen molar-refractivity contribution in [1.82, 2.24) is 0 Å². The van der Waals surface area contributed by atoms with Crippen LogP contribution in [0.2, 0.25) is 0 Å². The number of benzene rings is 2. The van der Waals surface area contributed by atoms with Crippen molar-refractivity contribution in [3.05, 3.63) is 59.9 Å². The quantitative estimate of drug-likeness (QED) is 0.893. The number of piperidine rings is 1. The van der Waals surface area contributed by atoms with E-state index in [4.69, 9.17) is 0 Å². The van der Waals surface area contributed by atoms with Crippen molar-refractivity contribution in [2.75, 3.05) is 23.3 Å². The van der Waals surface area contributed by atoms with Crippen LogP contribution in [-0.2, 0) is 6.54 Å². The molecule has 0 saturated carbocycles. The van der Waals surface area contributed by atoms with Crippen molar-refractivity contribution in [2.45, 2.75) is 25.8 Å². The Balaban J connectivity index is 1.59. The van der Waals surface area contributed by atoms with E-state index < -0.39 is 0 Å². The van der Waals surface area contributed by atoms with Gasteiger partial charge in [-0.3, -0.25) is 0 Å². The van der Waals surface area contributed by atoms with Crippen molar-refractivity contribution in [3.63, 3.8) is 0 Å². The molecule has 21 heavy (non-hydrogen) atoms. The van der Waals surface area contributed by atoms with Crippen LogP contribution in [0.5, 0.6) is 0 Å². The Morgan fingerprint density at radius 2 is 1.71 bits per heavy atom. The van der Waals surface area contributed by atoms with E-state index in [-0.39, 0.29) is 5.82 Å². The predicted molar refractivity (Wildman–Crippen MR) is 86.2 cm³/mol. The molecule has 0 unspecified atom stereocenters. The zero-order valence-electron chi connectivity index (χ0n) is 12.2. The zero-order valence-corrected chi connectivity index (χ0v) is 12.2. The average Bonchev–Trinajstić information content (AvgIpc) is 2.54. The van der Waals surface area contributed by atoms with Gasteiger partial charge < -0.3 is 10.2 Å². The summed E-state index contributed by atoms with van der Waals surface area (Å²) in [6.07, 6.45) is 3.94. The molecule has 0 atom stereocenters. The molecule has 0 bridgehead atoms. The Labute approximate surface area is 125 Å². The fourth-order valence-electron chi connectivity index (χ4n) is 2.78. The Hall–Kier alpha value is -2.03. The largest absolute Gasteiger partial charge is 0.381 e. The molecule has 1 N–H and O–H groups in total. The Kier molecular flexibility index (Phi) is 4.39. The lowest BCUT2D eigenvalue weighted by molar-refractivity contribution is 0.578. The second kappa shape index (κ2) is 6.61. The molecular weight excluding hydrogens is 263 g/mol. The Bertz CT molecular complexity index is 574. The van der Waals surface area contributed by atoms with Gasteiger partial charge in [-0.15, -0.1) is 0 Å². The first-order chi connectivity index (χ1) is 10.3. The van der Waals surface area contributed by atoms with Gasteiger partial charge in [-0.1, -0.05) is 18.2 Å². The van der Waals surface area contributed by atoms with Gasteiger partial charge in [0.05, 0.1) is 0 Å². The highest BCUT2D eigenvalue weighted by atomic mass is 19.1. The Morgan fingerprint density at radius 1 is 0.952 bits per heavy atom. The van der Waals surface area contributed by atoms with Crippen LogP contribution >= 0.6 is 0 Å². The van der Waals surface area contributed by atoms with E-state index in [0.717, 1.165) is 5.69 Å². The number of rotatable bonds is 4. The first-order valence-electron chi connectivity index (χ1n) is 7.64. The molecule has 0 spiro atoms. The smallest absolute Gasteiger partial charge is 0.125 e. The van der Waals surface area contributed by atoms with Crippen LogP contribution in [0, 0.1) is 5.82 Å². The summed E-state index contributed by atoms with van der Waals surface area (Å²) < 4.78 is 13.1. The van der Waals surface area contributed by atoms with Gasteiger partial charge in [-0.05, 0) is 55.2 Å². The first-order valence-corrected chi connectivity index (χ1v) is 7.64. The number of hydrogen-bond donors (Lipinski definition) is 1. The van der Waals surface area contributed by atoms with Crippen LogP contribution in [0.3, 0.4) is 0 Å². The molecule has 0 aliphatic carbocycles. The molecule has 1 saturated heterocycles. The summed E-state index contributed by atoms with van der Waals surface area (Å²) in [5.74, 6) is -0.208. The van der Waals surface area contributed by atoms with Crippen LogP contribution in [0.1, 0.15) is 24.8 Å². The van der Waals surface area contributed by atoms with Crippen LogP contribution in [-0.4, -0.2) is 13.1 Å². The van der Waals surface area contributed by atoms with E-state index in [1.54, 1.807) is 6.07 Å². The second-order valence-corrected chi connectivity index (χ2v) is 5.58. The SMILES string of the molecule is Fc1cccc(NCc2ccc(N3CCCCC3)cc2)c1. The predicted octanol–water partition coefficient (Wildman–Crippen LogP) is 4.43. The van der Waals surface area contributed by atoms with E-state index in [9.17, 15) is 4.39 Å². The molecule has 0 radical (unpaired) electrons. The van der Waals surface area contributed by atoms with Crippen molar-refractivity contribution >= 4 is 11.4 Å². The number of nitrogens with one attached hydrogen (secondary N) is 1. The third kappa shape index (κ3) is 3.75. The van der Waals surface area contributed by atoms with Crippen LogP contribution in [0.4, 0.5) is 15.8 Å². The lowest BCUT2D eigenvalue weighted by atomic mass is 10.1. The normalized spacial score (nSPS) is 15.0. The summed E-state index contributed by atoms with van der Waals surface area (Å²) in [6.45, 7) is 3.05. The first kappa shape index (κ1) is 13.9. The maximum absolute atomic E-state index is 13.1. The second-order valence-electron chi connectivity index (χ2n) is 5.58. The van der Waals surface area contributed by atoms with Crippen LogP contribution in [0.25, 0.3) is 0 Å². The van der Waals surface area contributed by atoms with Crippen LogP contribution < -0.4 is 10.2 Å². The fourth-order valence-corrected chi connectivity index (χ4v) is 2.78. The van der Waals surface area contributed by atoms with Crippen molar-refractivity contribution in [1.29, 1.82) is 0 Å². The molecule has 2 aromatic carbocycles. The monoisotopic (exact) mass is 284 g/mol. The molecular formula is C18H21FN2. The standard InChI is InChI=1S/C18H21FN2/c19-16-5-4-6-17(13-16)20-14-15-7-9-18(10-8-15)21-11-2-1-3-12-21/h4-10,13,20H,1-3,11-12,14H2. The van der Waals surface area contributed by atoms with Gasteiger partial charge in [0.1, 0.15) is 5.82 Å². The molecule has 110 valence electrons. The van der Waals surface area contributed by atoms with Gasteiger partial charge >= 0.3 is 0 Å². The lowest BCUT2D eigenvalue weighted by Gasteiger charge is -2.28. The third-order valence-corrected chi connectivity index (χ3v) is 3.98. The van der Waals surface area contributed by atoms with Gasteiger partial charge in [0.2, 0.25) is 0 Å². The van der Waals surface area contributed by atoms with Gasteiger partial charge in [0.25, 0.3) is 0 Å². The lowest BCUT2D eigenvalue weighted by Crippen LogP contribution is -2.29. The van der Waals surface area contributed by atoms with Gasteiger partial charge in [-0.2, -0.15) is 0 Å². The minimum absolute atomic E-state index is 0.208. The van der Waals surface area contributed by atoms with Crippen molar-refractivity contribution in [3.8, 4) is 0 Å². The maximum atomic E-state index is 13.1. The van der Waals surface area contributed by atoms with E-state index >= 15 is 0 Å². The highest BCUT2D eigenvalue weighted by molar-refractivity contribution is 5.49. The maximum Gasteiger partial charge on any atom is 0.125 e. The van der Waals surface area contributed by atoms with E-state index in [1.165, 1.54) is 55.7 Å². The van der Waals surface area contributed by atoms with Gasteiger partial charge in [0, 0.05) is 31.0 Å². The molecule has 0 aromatic heterocycles. The van der Waals surface area contributed by atoms with Gasteiger partial charge in [-0.25, -0.2) is 4.39 Å². The highest BCUT2D eigenvalue weighted by Gasteiger charge is 2.10. The van der Waals surface area contributed by atoms with E-state index in [0.29, 0.717) is 6.54 Å². The van der Waals surface area contributed by atoms with Crippen molar-refractivity contribution in [2.24, 2.45) is 0 Å². The summed E-state index contributed by atoms with van der Waals surface area (Å²) in [5.41, 5.74) is 3.33. The van der Waals surface area contributed by atoms with Gasteiger partial charge in [0.15, 0.2) is 0 Å². The number of anilines is 2. The van der Waals surface area contributed by atoms with Crippen LogP contribution in [0.15, 0.2) is 48.5 Å². The third-order valence-electron chi connectivity index (χ3n) is 3.98. The molecule has 2 aromatic rings. The number of nitrogens with zero attached hydrogens (tertiary/aromatic N) is 1. The van der Waals surface area contributed by atoms with Crippen molar-refractivity contribution < 1.29 is 4.39 Å². The van der Waals surface area contributed by atoms with E-state index in [2.05, 4.69) is 34.5 Å². The minimum Gasteiger partial charge on any atom is -0.381 e. The molecule has 1 aliphatic rings. The Morgan fingerprint density at radius 3 is 2.43 bits per heavy atom. The molecule has 2 nitrogen and oxygen atoms in total. The molecule has 0 amide bonds. The molecule has 1 aliphatic heterocycles. The summed E-state index contributed by atoms with van der Waals surface area (Å²) >= 11 is 0. The fraction of sp³-hybridized carbons (Fsp3) is 0.333. The molecule has 3 heteroatoms. The highest BCUT2D eigenvalue weighted by Crippen LogP contribution is 2.20.